The SMILES string of the molecule is C[Si]1(C)C(c2ccccc2)=CC(c2ccccc2)=C1Br. The molecule has 0 spiro atoms. The molecule has 0 aliphatic carbocycles. The second-order valence-electron chi connectivity index (χ2n) is 5.64. The van der Waals surface area contributed by atoms with Crippen molar-refractivity contribution >= 4 is 34.8 Å². The zero-order chi connectivity index (χ0) is 14.2. The molecule has 0 saturated heterocycles. The van der Waals surface area contributed by atoms with Gasteiger partial charge in [-0.2, -0.15) is 0 Å². The van der Waals surface area contributed by atoms with E-state index >= 15 is 0 Å². The van der Waals surface area contributed by atoms with Crippen LogP contribution in [0.3, 0.4) is 0 Å². The quantitative estimate of drug-likeness (QED) is 0.617. The van der Waals surface area contributed by atoms with Crippen LogP contribution in [0.4, 0.5) is 0 Å². The zero-order valence-corrected chi connectivity index (χ0v) is 14.3. The van der Waals surface area contributed by atoms with Gasteiger partial charge in [0.25, 0.3) is 0 Å². The van der Waals surface area contributed by atoms with E-state index in [1.165, 1.54) is 26.0 Å². The summed E-state index contributed by atoms with van der Waals surface area (Å²) in [4.78, 5) is 0. The highest BCUT2D eigenvalue weighted by Crippen LogP contribution is 2.45. The van der Waals surface area contributed by atoms with Crippen molar-refractivity contribution in [3.8, 4) is 0 Å². The maximum atomic E-state index is 3.89. The van der Waals surface area contributed by atoms with E-state index in [9.17, 15) is 0 Å². The highest BCUT2D eigenvalue weighted by molar-refractivity contribution is 9.12. The van der Waals surface area contributed by atoms with Gasteiger partial charge in [-0.15, -0.1) is 0 Å². The Morgan fingerprint density at radius 3 is 1.80 bits per heavy atom. The third kappa shape index (κ3) is 2.23. The Kier molecular flexibility index (Phi) is 3.53. The number of hydrogen-bond donors (Lipinski definition) is 0. The molecule has 0 N–H and O–H groups in total. The fourth-order valence-corrected chi connectivity index (χ4v) is 6.24. The van der Waals surface area contributed by atoms with Crippen LogP contribution in [-0.4, -0.2) is 8.07 Å². The largest absolute Gasteiger partial charge is 0.122 e. The van der Waals surface area contributed by atoms with E-state index in [0.717, 1.165) is 0 Å². The van der Waals surface area contributed by atoms with Crippen molar-refractivity contribution in [1.82, 2.24) is 0 Å². The maximum absolute atomic E-state index is 3.89. The summed E-state index contributed by atoms with van der Waals surface area (Å²) in [5.41, 5.74) is 4.00. The molecule has 0 saturated carbocycles. The molecule has 2 aromatic carbocycles. The topological polar surface area (TPSA) is 0 Å². The molecular formula is C18H17BrSi. The van der Waals surface area contributed by atoms with Gasteiger partial charge < -0.3 is 0 Å². The highest BCUT2D eigenvalue weighted by atomic mass is 79.9. The molecule has 20 heavy (non-hydrogen) atoms. The van der Waals surface area contributed by atoms with Crippen LogP contribution in [0.5, 0.6) is 0 Å². The molecule has 0 nitrogen and oxygen atoms in total. The first-order chi connectivity index (χ1) is 9.60. The molecule has 3 rings (SSSR count). The number of hydrogen-bond acceptors (Lipinski definition) is 0. The summed E-state index contributed by atoms with van der Waals surface area (Å²) in [6.45, 7) is 4.82. The van der Waals surface area contributed by atoms with E-state index in [2.05, 4.69) is 95.8 Å². The Morgan fingerprint density at radius 2 is 1.25 bits per heavy atom. The van der Waals surface area contributed by atoms with Crippen LogP contribution < -0.4 is 0 Å². The predicted molar refractivity (Wildman–Crippen MR) is 94.2 cm³/mol. The van der Waals surface area contributed by atoms with E-state index in [4.69, 9.17) is 0 Å². The van der Waals surface area contributed by atoms with E-state index in [-0.39, 0.29) is 0 Å². The van der Waals surface area contributed by atoms with Gasteiger partial charge in [0.05, 0.1) is 0 Å². The van der Waals surface area contributed by atoms with Crippen LogP contribution in [0.15, 0.2) is 70.8 Å². The minimum absolute atomic E-state index is 1.30. The third-order valence-electron chi connectivity index (χ3n) is 3.92. The lowest BCUT2D eigenvalue weighted by molar-refractivity contribution is 1.62. The average molecular weight is 341 g/mol. The molecule has 100 valence electrons. The zero-order valence-electron chi connectivity index (χ0n) is 11.7. The number of benzene rings is 2. The third-order valence-corrected chi connectivity index (χ3v) is 10.5. The van der Waals surface area contributed by atoms with Gasteiger partial charge in [-0.25, -0.2) is 0 Å². The lowest BCUT2D eigenvalue weighted by atomic mass is 10.1. The van der Waals surface area contributed by atoms with Crippen molar-refractivity contribution in [1.29, 1.82) is 0 Å². The summed E-state index contributed by atoms with van der Waals surface area (Å²) < 4.78 is 1.40. The fourth-order valence-electron chi connectivity index (χ4n) is 2.73. The second-order valence-corrected chi connectivity index (χ2v) is 11.5. The van der Waals surface area contributed by atoms with Crippen molar-refractivity contribution in [3.63, 3.8) is 0 Å². The minimum Gasteiger partial charge on any atom is -0.0622 e. The first-order valence-corrected chi connectivity index (χ1v) is 10.6. The van der Waals surface area contributed by atoms with Crippen molar-refractivity contribution in [2.75, 3.05) is 0 Å². The van der Waals surface area contributed by atoms with Crippen LogP contribution in [0.25, 0.3) is 10.8 Å². The van der Waals surface area contributed by atoms with E-state index in [1.54, 1.807) is 0 Å². The molecule has 0 fully saturated rings. The fraction of sp³-hybridized carbons (Fsp3) is 0.111. The Balaban J connectivity index is 2.12. The maximum Gasteiger partial charge on any atom is 0.122 e. The molecule has 1 aliphatic heterocycles. The number of halogens is 1. The van der Waals surface area contributed by atoms with Gasteiger partial charge in [0.2, 0.25) is 0 Å². The molecule has 0 radical (unpaired) electrons. The lowest BCUT2D eigenvalue weighted by Gasteiger charge is -2.22. The molecule has 0 atom stereocenters. The molecule has 0 bridgehead atoms. The summed E-state index contributed by atoms with van der Waals surface area (Å²) in [6.07, 6.45) is 2.38. The summed E-state index contributed by atoms with van der Waals surface area (Å²) in [5, 5.41) is 1.50. The summed E-state index contributed by atoms with van der Waals surface area (Å²) in [5.74, 6) is 0. The first-order valence-electron chi connectivity index (χ1n) is 6.84. The molecule has 1 aliphatic rings. The van der Waals surface area contributed by atoms with Crippen LogP contribution in [0.1, 0.15) is 11.1 Å². The molecule has 2 heteroatoms. The standard InChI is InChI=1S/C18H17BrSi/c1-20(2)17(15-11-7-4-8-12-15)13-16(18(20)19)14-9-5-3-6-10-14/h3-13H,1-2H3. The Morgan fingerprint density at radius 1 is 0.750 bits per heavy atom. The molecule has 0 amide bonds. The van der Waals surface area contributed by atoms with Gasteiger partial charge >= 0.3 is 0 Å². The van der Waals surface area contributed by atoms with Gasteiger partial charge in [0.15, 0.2) is 0 Å². The Hall–Kier alpha value is -1.38. The molecule has 0 unspecified atom stereocenters. The van der Waals surface area contributed by atoms with Crippen molar-refractivity contribution in [2.24, 2.45) is 0 Å². The van der Waals surface area contributed by atoms with Crippen LogP contribution in [-0.2, 0) is 0 Å². The van der Waals surface area contributed by atoms with Crippen LogP contribution in [0, 0.1) is 0 Å². The van der Waals surface area contributed by atoms with Crippen LogP contribution >= 0.6 is 15.9 Å². The lowest BCUT2D eigenvalue weighted by Crippen LogP contribution is -2.26. The van der Waals surface area contributed by atoms with E-state index in [1.807, 2.05) is 0 Å². The minimum atomic E-state index is -1.60. The summed E-state index contributed by atoms with van der Waals surface area (Å²) in [6, 6.07) is 21.4. The summed E-state index contributed by atoms with van der Waals surface area (Å²) in [7, 11) is -1.60. The van der Waals surface area contributed by atoms with Gasteiger partial charge in [0.1, 0.15) is 8.07 Å². The highest BCUT2D eigenvalue weighted by Gasteiger charge is 2.37. The van der Waals surface area contributed by atoms with Gasteiger partial charge in [-0.05, 0) is 26.0 Å². The van der Waals surface area contributed by atoms with Gasteiger partial charge in [-0.1, -0.05) is 95.8 Å². The molecule has 2 aromatic rings. The van der Waals surface area contributed by atoms with Crippen molar-refractivity contribution < 1.29 is 0 Å². The second kappa shape index (κ2) is 5.19. The Labute approximate surface area is 130 Å². The predicted octanol–water partition coefficient (Wildman–Crippen LogP) is 5.68. The molecular weight excluding hydrogens is 324 g/mol. The smallest absolute Gasteiger partial charge is 0.0622 e. The van der Waals surface area contributed by atoms with Crippen molar-refractivity contribution in [3.05, 3.63) is 82.0 Å². The van der Waals surface area contributed by atoms with Gasteiger partial charge in [-0.3, -0.25) is 0 Å². The normalized spacial score (nSPS) is 17.2. The van der Waals surface area contributed by atoms with E-state index in [0.29, 0.717) is 0 Å². The number of allylic oxidation sites excluding steroid dienone is 2. The molecule has 1 heterocycles. The Bertz CT molecular complexity index is 682. The van der Waals surface area contributed by atoms with Gasteiger partial charge in [0, 0.05) is 0 Å². The first kappa shape index (κ1) is 13.6. The monoisotopic (exact) mass is 340 g/mol. The van der Waals surface area contributed by atoms with Crippen molar-refractivity contribution in [2.45, 2.75) is 13.1 Å². The van der Waals surface area contributed by atoms with E-state index < -0.39 is 8.07 Å². The molecule has 0 aromatic heterocycles. The summed E-state index contributed by atoms with van der Waals surface area (Å²) >= 11 is 3.89. The average Bonchev–Trinajstić information content (AvgIpc) is 2.72. The van der Waals surface area contributed by atoms with Crippen LogP contribution in [0.2, 0.25) is 13.1 Å². The number of rotatable bonds is 2.